The van der Waals surface area contributed by atoms with Crippen molar-refractivity contribution in [1.29, 1.82) is 0 Å². The van der Waals surface area contributed by atoms with E-state index in [2.05, 4.69) is 0 Å². The van der Waals surface area contributed by atoms with Crippen molar-refractivity contribution in [1.82, 2.24) is 4.31 Å². The standard InChI is InChI=1S/C13H15ClFNO4S/c1-8-3-2-6-16(12(8)13(17)18)21(19,20)11-5-4-9(15)7-10(11)14/h4-5,7-8,12H,2-3,6H2,1H3,(H,17,18). The maximum Gasteiger partial charge on any atom is 0.322 e. The Morgan fingerprint density at radius 2 is 2.14 bits per heavy atom. The van der Waals surface area contributed by atoms with Crippen molar-refractivity contribution in [2.45, 2.75) is 30.7 Å². The summed E-state index contributed by atoms with van der Waals surface area (Å²) in [5.74, 6) is -2.14. The molecule has 8 heteroatoms. The number of carboxylic acid groups (broad SMARTS) is 1. The molecule has 0 spiro atoms. The van der Waals surface area contributed by atoms with Crippen LogP contribution in [0.5, 0.6) is 0 Å². The Balaban J connectivity index is 2.48. The first-order valence-electron chi connectivity index (χ1n) is 6.45. The van der Waals surface area contributed by atoms with Gasteiger partial charge in [0.15, 0.2) is 0 Å². The Morgan fingerprint density at radius 1 is 1.48 bits per heavy atom. The molecule has 1 N–H and O–H groups in total. The summed E-state index contributed by atoms with van der Waals surface area (Å²) in [5, 5.41) is 9.05. The largest absolute Gasteiger partial charge is 0.480 e. The molecule has 0 amide bonds. The molecule has 5 nitrogen and oxygen atoms in total. The molecule has 2 atom stereocenters. The van der Waals surface area contributed by atoms with Crippen molar-refractivity contribution in [2.75, 3.05) is 6.54 Å². The third-order valence-electron chi connectivity index (χ3n) is 3.62. The molecule has 116 valence electrons. The van der Waals surface area contributed by atoms with Gasteiger partial charge in [-0.1, -0.05) is 18.5 Å². The number of carboxylic acids is 1. The Hall–Kier alpha value is -1.18. The van der Waals surface area contributed by atoms with Crippen LogP contribution in [0, 0.1) is 11.7 Å². The van der Waals surface area contributed by atoms with E-state index in [1.54, 1.807) is 6.92 Å². The molecule has 1 saturated heterocycles. The average Bonchev–Trinajstić information content (AvgIpc) is 2.37. The van der Waals surface area contributed by atoms with Crippen molar-refractivity contribution in [3.8, 4) is 0 Å². The summed E-state index contributed by atoms with van der Waals surface area (Å²) in [6, 6.07) is 1.81. The van der Waals surface area contributed by atoms with Crippen molar-refractivity contribution >= 4 is 27.6 Å². The number of rotatable bonds is 3. The van der Waals surface area contributed by atoms with E-state index in [4.69, 9.17) is 11.6 Å². The van der Waals surface area contributed by atoms with Crippen molar-refractivity contribution in [3.63, 3.8) is 0 Å². The summed E-state index contributed by atoms with van der Waals surface area (Å²) in [6.45, 7) is 1.81. The second kappa shape index (κ2) is 5.90. The molecule has 0 radical (unpaired) electrons. The normalized spacial score (nSPS) is 24.0. The van der Waals surface area contributed by atoms with E-state index in [1.807, 2.05) is 0 Å². The molecule has 0 saturated carbocycles. The molecule has 0 bridgehead atoms. The quantitative estimate of drug-likeness (QED) is 0.920. The molecule has 1 aliphatic rings. The van der Waals surface area contributed by atoms with E-state index in [-0.39, 0.29) is 22.4 Å². The van der Waals surface area contributed by atoms with Crippen LogP contribution in [0.2, 0.25) is 5.02 Å². The van der Waals surface area contributed by atoms with Crippen LogP contribution in [0.25, 0.3) is 0 Å². The lowest BCUT2D eigenvalue weighted by Crippen LogP contribution is -2.51. The predicted octanol–water partition coefficient (Wildman–Crippen LogP) is 2.35. The minimum absolute atomic E-state index is 0.108. The number of aliphatic carboxylic acids is 1. The topological polar surface area (TPSA) is 74.7 Å². The maximum atomic E-state index is 13.1. The van der Waals surface area contributed by atoms with Crippen LogP contribution in [-0.4, -0.2) is 36.4 Å². The smallest absolute Gasteiger partial charge is 0.322 e. The maximum absolute atomic E-state index is 13.1. The first-order valence-corrected chi connectivity index (χ1v) is 8.26. The summed E-state index contributed by atoms with van der Waals surface area (Å²) >= 11 is 5.80. The molecule has 1 fully saturated rings. The highest BCUT2D eigenvalue weighted by Gasteiger charge is 2.42. The van der Waals surface area contributed by atoms with Crippen LogP contribution < -0.4 is 0 Å². The molecule has 1 aliphatic heterocycles. The predicted molar refractivity (Wildman–Crippen MR) is 75.1 cm³/mol. The SMILES string of the molecule is CC1CCCN(S(=O)(=O)c2ccc(F)cc2Cl)C1C(=O)O. The first-order chi connectivity index (χ1) is 9.75. The average molecular weight is 336 g/mol. The fourth-order valence-corrected chi connectivity index (χ4v) is 4.82. The fourth-order valence-electron chi connectivity index (χ4n) is 2.60. The summed E-state index contributed by atoms with van der Waals surface area (Å²) < 4.78 is 39.3. The van der Waals surface area contributed by atoms with Gasteiger partial charge in [-0.2, -0.15) is 4.31 Å². The number of hydrogen-bond acceptors (Lipinski definition) is 3. The van der Waals surface area contributed by atoms with E-state index >= 15 is 0 Å². The zero-order valence-electron chi connectivity index (χ0n) is 11.3. The van der Waals surface area contributed by atoms with Gasteiger partial charge < -0.3 is 5.11 Å². The Morgan fingerprint density at radius 3 is 2.71 bits per heavy atom. The molecule has 1 aromatic rings. The van der Waals surface area contributed by atoms with E-state index in [1.165, 1.54) is 0 Å². The van der Waals surface area contributed by atoms with E-state index in [0.29, 0.717) is 12.8 Å². The zero-order valence-corrected chi connectivity index (χ0v) is 12.9. The lowest BCUT2D eigenvalue weighted by atomic mass is 9.93. The number of sulfonamides is 1. The van der Waals surface area contributed by atoms with Gasteiger partial charge in [-0.3, -0.25) is 4.79 Å². The molecule has 2 rings (SSSR count). The van der Waals surface area contributed by atoms with Crippen LogP contribution in [0.15, 0.2) is 23.1 Å². The number of benzene rings is 1. The molecular weight excluding hydrogens is 321 g/mol. The molecule has 1 aromatic carbocycles. The first kappa shape index (κ1) is 16.2. The van der Waals surface area contributed by atoms with Crippen LogP contribution in [0.4, 0.5) is 4.39 Å². The van der Waals surface area contributed by atoms with Crippen molar-refractivity contribution in [2.24, 2.45) is 5.92 Å². The summed E-state index contributed by atoms with van der Waals surface area (Å²) in [6.07, 6.45) is 1.21. The Kier molecular flexibility index (Phi) is 4.55. The summed E-state index contributed by atoms with van der Waals surface area (Å²) in [4.78, 5) is 11.1. The molecule has 0 aromatic heterocycles. The van der Waals surface area contributed by atoms with Crippen LogP contribution in [0.1, 0.15) is 19.8 Å². The monoisotopic (exact) mass is 335 g/mol. The van der Waals surface area contributed by atoms with Gasteiger partial charge in [0.2, 0.25) is 10.0 Å². The highest BCUT2D eigenvalue weighted by atomic mass is 35.5. The van der Waals surface area contributed by atoms with Crippen molar-refractivity contribution < 1.29 is 22.7 Å². The number of halogens is 2. The van der Waals surface area contributed by atoms with Gasteiger partial charge in [0, 0.05) is 6.54 Å². The third kappa shape index (κ3) is 3.04. The molecule has 0 aliphatic carbocycles. The van der Waals surface area contributed by atoms with Gasteiger partial charge in [-0.05, 0) is 37.0 Å². The van der Waals surface area contributed by atoms with Gasteiger partial charge in [-0.15, -0.1) is 0 Å². The number of nitrogens with zero attached hydrogens (tertiary/aromatic N) is 1. The molecular formula is C13H15ClFNO4S. The van der Waals surface area contributed by atoms with Crippen LogP contribution in [0.3, 0.4) is 0 Å². The number of hydrogen-bond donors (Lipinski definition) is 1. The Bertz CT molecular complexity index is 664. The van der Waals surface area contributed by atoms with Crippen LogP contribution >= 0.6 is 11.6 Å². The minimum Gasteiger partial charge on any atom is -0.480 e. The van der Waals surface area contributed by atoms with Gasteiger partial charge >= 0.3 is 5.97 Å². The van der Waals surface area contributed by atoms with Gasteiger partial charge in [0.05, 0.1) is 5.02 Å². The molecule has 2 unspecified atom stereocenters. The number of carbonyl (C=O) groups is 1. The molecule has 1 heterocycles. The minimum atomic E-state index is -4.08. The third-order valence-corrected chi connectivity index (χ3v) is 5.98. The second-order valence-corrected chi connectivity index (χ2v) is 7.36. The Labute approximate surface area is 127 Å². The highest BCUT2D eigenvalue weighted by Crippen LogP contribution is 2.32. The molecule has 21 heavy (non-hydrogen) atoms. The lowest BCUT2D eigenvalue weighted by Gasteiger charge is -2.36. The lowest BCUT2D eigenvalue weighted by molar-refractivity contribution is -0.144. The van der Waals surface area contributed by atoms with Gasteiger partial charge in [0.1, 0.15) is 16.8 Å². The summed E-state index contributed by atoms with van der Waals surface area (Å²) in [5.41, 5.74) is 0. The number of piperidine rings is 1. The van der Waals surface area contributed by atoms with Gasteiger partial charge in [0.25, 0.3) is 0 Å². The van der Waals surface area contributed by atoms with Gasteiger partial charge in [-0.25, -0.2) is 12.8 Å². The van der Waals surface area contributed by atoms with Crippen molar-refractivity contribution in [3.05, 3.63) is 29.0 Å². The summed E-state index contributed by atoms with van der Waals surface area (Å²) in [7, 11) is -4.08. The van der Waals surface area contributed by atoms with Crippen LogP contribution in [-0.2, 0) is 14.8 Å². The van der Waals surface area contributed by atoms with E-state index in [0.717, 1.165) is 22.5 Å². The highest BCUT2D eigenvalue weighted by molar-refractivity contribution is 7.89. The second-order valence-electron chi connectivity index (χ2n) is 5.09. The zero-order chi connectivity index (χ0) is 15.8. The fraction of sp³-hybridized carbons (Fsp3) is 0.462. The van der Waals surface area contributed by atoms with E-state index in [9.17, 15) is 22.7 Å². The van der Waals surface area contributed by atoms with E-state index < -0.39 is 27.9 Å².